The summed E-state index contributed by atoms with van der Waals surface area (Å²) in [7, 11) is -1.66. The van der Waals surface area contributed by atoms with Crippen LogP contribution >= 0.6 is 11.6 Å². The third-order valence-corrected chi connectivity index (χ3v) is 5.91. The fraction of sp³-hybridized carbons (Fsp3) is 0.692. The van der Waals surface area contributed by atoms with Gasteiger partial charge in [0.2, 0.25) is 15.9 Å². The van der Waals surface area contributed by atoms with Crippen LogP contribution in [0, 0.1) is 0 Å². The van der Waals surface area contributed by atoms with Crippen LogP contribution in [0.4, 0.5) is 0 Å². The lowest BCUT2D eigenvalue weighted by Gasteiger charge is -2.17. The van der Waals surface area contributed by atoms with Crippen LogP contribution in [0.25, 0.3) is 0 Å². The summed E-state index contributed by atoms with van der Waals surface area (Å²) in [6, 6.07) is -0.149. The number of rotatable bonds is 5. The van der Waals surface area contributed by atoms with Gasteiger partial charge in [-0.15, -0.1) is 0 Å². The van der Waals surface area contributed by atoms with E-state index in [1.165, 1.54) is 0 Å². The summed E-state index contributed by atoms with van der Waals surface area (Å²) < 4.78 is 28.4. The summed E-state index contributed by atoms with van der Waals surface area (Å²) in [5, 5.41) is 3.74. The first-order valence-corrected chi connectivity index (χ1v) is 9.08. The van der Waals surface area contributed by atoms with Crippen molar-refractivity contribution in [1.82, 2.24) is 19.4 Å². The maximum atomic E-state index is 12.3. The highest BCUT2D eigenvalue weighted by molar-refractivity contribution is 7.90. The van der Waals surface area contributed by atoms with Crippen molar-refractivity contribution in [2.75, 3.05) is 13.1 Å². The monoisotopic (exact) mass is 348 g/mol. The van der Waals surface area contributed by atoms with Gasteiger partial charge in [0.1, 0.15) is 0 Å². The molecule has 0 bridgehead atoms. The number of amides is 1. The fourth-order valence-corrected chi connectivity index (χ4v) is 4.41. The standard InChI is InChI=1S/C13H21ClN4O3S/c1-9(2)16-22(20,21)11-4-5-18(8-11)12(19)6-10-7-17(3)15-13(10)14/h7,9,11,16H,4-6,8H2,1-3H3. The van der Waals surface area contributed by atoms with Gasteiger partial charge in [-0.25, -0.2) is 13.1 Å². The second-order valence-corrected chi connectivity index (χ2v) is 8.21. The highest BCUT2D eigenvalue weighted by Crippen LogP contribution is 2.19. The van der Waals surface area contributed by atoms with Gasteiger partial charge in [0.25, 0.3) is 0 Å². The minimum absolute atomic E-state index is 0.128. The van der Waals surface area contributed by atoms with Crippen molar-refractivity contribution in [2.45, 2.75) is 38.0 Å². The number of hydrogen-bond acceptors (Lipinski definition) is 4. The zero-order valence-corrected chi connectivity index (χ0v) is 14.5. The first-order chi connectivity index (χ1) is 10.2. The van der Waals surface area contributed by atoms with E-state index in [4.69, 9.17) is 11.6 Å². The molecule has 1 aromatic heterocycles. The molecule has 0 aliphatic carbocycles. The molecule has 0 spiro atoms. The molecule has 9 heteroatoms. The van der Waals surface area contributed by atoms with Crippen LogP contribution in [-0.4, -0.2) is 53.4 Å². The SMILES string of the molecule is CC(C)NS(=O)(=O)C1CCN(C(=O)Cc2cn(C)nc2Cl)C1. The van der Waals surface area contributed by atoms with E-state index in [0.29, 0.717) is 23.7 Å². The number of aromatic nitrogens is 2. The van der Waals surface area contributed by atoms with Crippen molar-refractivity contribution in [3.63, 3.8) is 0 Å². The topological polar surface area (TPSA) is 84.3 Å². The second-order valence-electron chi connectivity index (χ2n) is 5.86. The van der Waals surface area contributed by atoms with E-state index < -0.39 is 15.3 Å². The van der Waals surface area contributed by atoms with Gasteiger partial charge in [-0.3, -0.25) is 9.48 Å². The molecule has 2 rings (SSSR count). The molecule has 7 nitrogen and oxygen atoms in total. The summed E-state index contributed by atoms with van der Waals surface area (Å²) in [4.78, 5) is 13.9. The molecule has 1 fully saturated rings. The molecule has 22 heavy (non-hydrogen) atoms. The highest BCUT2D eigenvalue weighted by Gasteiger charge is 2.35. The molecule has 1 aliphatic rings. The summed E-state index contributed by atoms with van der Waals surface area (Å²) in [5.41, 5.74) is 0.653. The van der Waals surface area contributed by atoms with E-state index in [1.807, 2.05) is 0 Å². The predicted octanol–water partition coefficient (Wildman–Crippen LogP) is 0.545. The van der Waals surface area contributed by atoms with Crippen molar-refractivity contribution >= 4 is 27.5 Å². The van der Waals surface area contributed by atoms with Gasteiger partial charge in [0, 0.05) is 37.9 Å². The first kappa shape index (κ1) is 17.2. The fourth-order valence-electron chi connectivity index (χ4n) is 2.54. The van der Waals surface area contributed by atoms with Gasteiger partial charge in [0.05, 0.1) is 11.7 Å². The lowest BCUT2D eigenvalue weighted by atomic mass is 10.2. The van der Waals surface area contributed by atoms with Gasteiger partial charge in [-0.2, -0.15) is 5.10 Å². The third-order valence-electron chi connectivity index (χ3n) is 3.53. The normalized spacial score (nSPS) is 19.1. The van der Waals surface area contributed by atoms with Crippen molar-refractivity contribution in [2.24, 2.45) is 7.05 Å². The van der Waals surface area contributed by atoms with Crippen molar-refractivity contribution in [3.8, 4) is 0 Å². The Balaban J connectivity index is 1.98. The Kier molecular flexibility index (Phi) is 5.14. The number of aryl methyl sites for hydroxylation is 1. The van der Waals surface area contributed by atoms with Gasteiger partial charge in [-0.1, -0.05) is 11.6 Å². The molecule has 124 valence electrons. The number of carbonyl (C=O) groups excluding carboxylic acids is 1. The molecule has 0 saturated carbocycles. The van der Waals surface area contributed by atoms with E-state index in [-0.39, 0.29) is 24.9 Å². The Labute approximate surface area is 135 Å². The van der Waals surface area contributed by atoms with Crippen LogP contribution in [0.5, 0.6) is 0 Å². The van der Waals surface area contributed by atoms with Crippen molar-refractivity contribution < 1.29 is 13.2 Å². The number of halogens is 1. The van der Waals surface area contributed by atoms with Crippen LogP contribution in [-0.2, 0) is 28.3 Å². The number of carbonyl (C=O) groups is 1. The quantitative estimate of drug-likeness (QED) is 0.842. The van der Waals surface area contributed by atoms with Crippen LogP contribution in [0.1, 0.15) is 25.8 Å². The van der Waals surface area contributed by atoms with E-state index in [1.54, 1.807) is 36.7 Å². The van der Waals surface area contributed by atoms with E-state index in [2.05, 4.69) is 9.82 Å². The molecule has 1 atom stereocenters. The second kappa shape index (κ2) is 6.55. The Bertz CT molecular complexity index is 656. The number of nitrogens with zero attached hydrogens (tertiary/aromatic N) is 3. The number of nitrogens with one attached hydrogen (secondary N) is 1. The number of sulfonamides is 1. The van der Waals surface area contributed by atoms with Gasteiger partial charge in [0.15, 0.2) is 5.15 Å². The average Bonchev–Trinajstić information content (AvgIpc) is 2.96. The molecule has 1 N–H and O–H groups in total. The number of hydrogen-bond donors (Lipinski definition) is 1. The smallest absolute Gasteiger partial charge is 0.227 e. The first-order valence-electron chi connectivity index (χ1n) is 7.16. The molecular formula is C13H21ClN4O3S. The van der Waals surface area contributed by atoms with E-state index in [9.17, 15) is 13.2 Å². The summed E-state index contributed by atoms with van der Waals surface area (Å²) in [6.45, 7) is 4.22. The Morgan fingerprint density at radius 1 is 1.55 bits per heavy atom. The summed E-state index contributed by atoms with van der Waals surface area (Å²) in [5.74, 6) is -0.128. The molecule has 0 radical (unpaired) electrons. The zero-order chi connectivity index (χ0) is 16.5. The van der Waals surface area contributed by atoms with Crippen molar-refractivity contribution in [3.05, 3.63) is 16.9 Å². The minimum Gasteiger partial charge on any atom is -0.341 e. The summed E-state index contributed by atoms with van der Waals surface area (Å²) in [6.07, 6.45) is 2.29. The number of likely N-dealkylation sites (tertiary alicyclic amines) is 1. The van der Waals surface area contributed by atoms with Crippen molar-refractivity contribution in [1.29, 1.82) is 0 Å². The minimum atomic E-state index is -3.39. The van der Waals surface area contributed by atoms with E-state index >= 15 is 0 Å². The highest BCUT2D eigenvalue weighted by atomic mass is 35.5. The molecule has 0 aromatic carbocycles. The lowest BCUT2D eigenvalue weighted by Crippen LogP contribution is -2.40. The van der Waals surface area contributed by atoms with Gasteiger partial charge in [-0.05, 0) is 20.3 Å². The molecule has 1 saturated heterocycles. The molecule has 1 aliphatic heterocycles. The Hall–Kier alpha value is -1.12. The molecule has 1 aromatic rings. The average molecular weight is 349 g/mol. The predicted molar refractivity (Wildman–Crippen MR) is 84.1 cm³/mol. The van der Waals surface area contributed by atoms with Gasteiger partial charge < -0.3 is 4.90 Å². The molecule has 1 unspecified atom stereocenters. The zero-order valence-electron chi connectivity index (χ0n) is 12.9. The maximum absolute atomic E-state index is 12.3. The van der Waals surface area contributed by atoms with Gasteiger partial charge >= 0.3 is 0 Å². The van der Waals surface area contributed by atoms with Crippen LogP contribution in [0.2, 0.25) is 5.15 Å². The van der Waals surface area contributed by atoms with Crippen LogP contribution in [0.15, 0.2) is 6.20 Å². The third kappa shape index (κ3) is 3.99. The Morgan fingerprint density at radius 2 is 2.23 bits per heavy atom. The molecular weight excluding hydrogens is 328 g/mol. The van der Waals surface area contributed by atoms with Crippen LogP contribution < -0.4 is 4.72 Å². The summed E-state index contributed by atoms with van der Waals surface area (Å²) >= 11 is 5.95. The van der Waals surface area contributed by atoms with Crippen LogP contribution in [0.3, 0.4) is 0 Å². The Morgan fingerprint density at radius 3 is 2.77 bits per heavy atom. The lowest BCUT2D eigenvalue weighted by molar-refractivity contribution is -0.129. The molecule has 2 heterocycles. The maximum Gasteiger partial charge on any atom is 0.227 e. The largest absolute Gasteiger partial charge is 0.341 e. The van der Waals surface area contributed by atoms with E-state index in [0.717, 1.165) is 0 Å². The molecule has 1 amide bonds.